The lowest BCUT2D eigenvalue weighted by atomic mass is 10.3. The van der Waals surface area contributed by atoms with E-state index in [1.54, 1.807) is 24.3 Å². The summed E-state index contributed by atoms with van der Waals surface area (Å²) in [6.45, 7) is 0. The minimum atomic E-state index is -2.64. The Labute approximate surface area is 83.8 Å². The maximum Gasteiger partial charge on any atom is 0.222 e. The van der Waals surface area contributed by atoms with E-state index in [2.05, 4.69) is 10.1 Å². The Morgan fingerprint density at radius 3 is 2.15 bits per heavy atom. The van der Waals surface area contributed by atoms with E-state index in [4.69, 9.17) is 5.84 Å². The first-order valence-electron chi connectivity index (χ1n) is 3.20. The molecule has 0 bridgehead atoms. The molecule has 7 heteroatoms. The molecule has 0 atom stereocenters. The number of hydrazine groups is 1. The summed E-state index contributed by atoms with van der Waals surface area (Å²) in [5.74, 6) is 5.14. The third-order valence-electron chi connectivity index (χ3n) is 1.29. The first kappa shape index (κ1) is 12.0. The van der Waals surface area contributed by atoms with Crippen LogP contribution in [0, 0.1) is 0 Å². The maximum absolute atomic E-state index is 10.3. The second-order valence-corrected chi connectivity index (χ2v) is 2.80. The summed E-state index contributed by atoms with van der Waals surface area (Å²) < 4.78 is 22.8. The molecular weight excluding hydrogens is 214 g/mol. The molecule has 0 unspecified atom stereocenters. The summed E-state index contributed by atoms with van der Waals surface area (Å²) in [5.41, 5.74) is 3.35. The van der Waals surface area contributed by atoms with Crippen LogP contribution in [0.1, 0.15) is 0 Å². The number of nitrogen functional groups attached to an aromatic ring is 1. The molecule has 13 heavy (non-hydrogen) atoms. The third-order valence-corrected chi connectivity index (χ3v) is 1.72. The van der Waals surface area contributed by atoms with Crippen molar-refractivity contribution in [1.29, 1.82) is 0 Å². The third kappa shape index (κ3) is 3.49. The summed E-state index contributed by atoms with van der Waals surface area (Å²) in [6, 6.07) is 6.74. The molecule has 1 aromatic carbocycles. The minimum absolute atomic E-state index is 0. The number of para-hydroxylation sites is 2. The number of nitrogens with two attached hydrogens (primary N) is 1. The predicted octanol–water partition coefficient (Wildman–Crippen LogP) is 0.332. The highest BCUT2D eigenvalue weighted by atomic mass is 35.5. The van der Waals surface area contributed by atoms with E-state index in [0.717, 1.165) is 0 Å². The van der Waals surface area contributed by atoms with E-state index in [0.29, 0.717) is 11.4 Å². The molecule has 1 rings (SSSR count). The van der Waals surface area contributed by atoms with Gasteiger partial charge < -0.3 is 5.43 Å². The van der Waals surface area contributed by atoms with Crippen molar-refractivity contribution in [3.05, 3.63) is 24.3 Å². The van der Waals surface area contributed by atoms with Crippen molar-refractivity contribution in [2.75, 3.05) is 10.1 Å². The van der Waals surface area contributed by atoms with Crippen molar-refractivity contribution in [1.82, 2.24) is 0 Å². The van der Waals surface area contributed by atoms with Gasteiger partial charge >= 0.3 is 0 Å². The zero-order valence-electron chi connectivity index (χ0n) is 6.56. The minimum Gasteiger partial charge on any atom is -0.322 e. The van der Waals surface area contributed by atoms with Gasteiger partial charge in [-0.3, -0.25) is 10.6 Å². The topological polar surface area (TPSA) is 84.2 Å². The van der Waals surface area contributed by atoms with Crippen LogP contribution in [0.4, 0.5) is 11.4 Å². The molecule has 0 aliphatic heterocycles. The predicted molar refractivity (Wildman–Crippen MR) is 55.4 cm³/mol. The number of hydrogen-bond donors (Lipinski definition) is 4. The number of thiol groups is 1. The molecule has 0 spiro atoms. The molecule has 0 aliphatic carbocycles. The molecule has 1 aromatic rings. The fourth-order valence-electron chi connectivity index (χ4n) is 0.805. The normalized spacial score (nSPS) is 9.08. The molecule has 4 N–H and O–H groups in total. The molecule has 0 aromatic heterocycles. The summed E-state index contributed by atoms with van der Waals surface area (Å²) in [4.78, 5) is 0. The van der Waals surface area contributed by atoms with Gasteiger partial charge in [-0.25, -0.2) is 8.42 Å². The van der Waals surface area contributed by atoms with E-state index in [9.17, 15) is 8.42 Å². The van der Waals surface area contributed by atoms with Crippen molar-refractivity contribution < 1.29 is 8.42 Å². The van der Waals surface area contributed by atoms with Gasteiger partial charge in [0.2, 0.25) is 10.9 Å². The van der Waals surface area contributed by atoms with Crippen molar-refractivity contribution in [3.63, 3.8) is 0 Å². The van der Waals surface area contributed by atoms with Crippen LogP contribution in [-0.2, 0) is 10.9 Å². The van der Waals surface area contributed by atoms with Crippen molar-refractivity contribution >= 4 is 34.7 Å². The summed E-state index contributed by atoms with van der Waals surface area (Å²) >= 11 is 0. The van der Waals surface area contributed by atoms with Gasteiger partial charge in [-0.2, -0.15) is 0 Å². The zero-order chi connectivity index (χ0) is 8.97. The van der Waals surface area contributed by atoms with E-state index < -0.39 is 10.9 Å². The SMILES string of the molecule is Cl.NNc1ccccc1N[SH](=O)=O. The second-order valence-electron chi connectivity index (χ2n) is 2.06. The van der Waals surface area contributed by atoms with Crippen molar-refractivity contribution in [3.8, 4) is 0 Å². The standard InChI is InChI=1S/C6H9N3O2S.ClH/c7-8-5-3-1-2-4-6(5)9-12(10)11;/h1-4,8,12H,7H2,(H,9,10,11);1H. The van der Waals surface area contributed by atoms with Gasteiger partial charge in [0, 0.05) is 0 Å². The molecule has 0 amide bonds. The van der Waals surface area contributed by atoms with Crippen LogP contribution in [0.25, 0.3) is 0 Å². The highest BCUT2D eigenvalue weighted by Crippen LogP contribution is 2.18. The molecule has 0 heterocycles. The van der Waals surface area contributed by atoms with Gasteiger partial charge in [-0.05, 0) is 12.1 Å². The van der Waals surface area contributed by atoms with Gasteiger partial charge in [0.15, 0.2) is 0 Å². The fourth-order valence-corrected chi connectivity index (χ4v) is 1.20. The Bertz CT molecular complexity index is 334. The lowest BCUT2D eigenvalue weighted by Gasteiger charge is -2.05. The van der Waals surface area contributed by atoms with Crippen LogP contribution in [0.15, 0.2) is 24.3 Å². The van der Waals surface area contributed by atoms with Gasteiger partial charge in [-0.15, -0.1) is 12.4 Å². The quantitative estimate of drug-likeness (QED) is 0.338. The number of halogens is 1. The van der Waals surface area contributed by atoms with E-state index in [1.807, 2.05) is 0 Å². The van der Waals surface area contributed by atoms with Crippen molar-refractivity contribution in [2.24, 2.45) is 5.84 Å². The molecule has 0 aliphatic rings. The number of benzene rings is 1. The summed E-state index contributed by atoms with van der Waals surface area (Å²) in [6.07, 6.45) is 0. The maximum atomic E-state index is 10.3. The first-order valence-corrected chi connectivity index (χ1v) is 4.38. The van der Waals surface area contributed by atoms with Crippen LogP contribution >= 0.6 is 12.4 Å². The van der Waals surface area contributed by atoms with Gasteiger partial charge in [0.1, 0.15) is 0 Å². The second kappa shape index (κ2) is 5.63. The molecule has 74 valence electrons. The average Bonchev–Trinajstić information content (AvgIpc) is 2.04. The van der Waals surface area contributed by atoms with Crippen LogP contribution in [-0.4, -0.2) is 8.42 Å². The molecule has 5 nitrogen and oxygen atoms in total. The van der Waals surface area contributed by atoms with Crippen LogP contribution < -0.4 is 16.0 Å². The Balaban J connectivity index is 0.00000144. The monoisotopic (exact) mass is 223 g/mol. The molecule has 0 radical (unpaired) electrons. The zero-order valence-corrected chi connectivity index (χ0v) is 8.27. The van der Waals surface area contributed by atoms with E-state index >= 15 is 0 Å². The molecule has 0 saturated carbocycles. The summed E-state index contributed by atoms with van der Waals surface area (Å²) in [7, 11) is -2.64. The molecule has 0 saturated heterocycles. The Morgan fingerprint density at radius 1 is 1.15 bits per heavy atom. The molecule has 0 fully saturated rings. The first-order chi connectivity index (χ1) is 5.74. The number of nitrogens with one attached hydrogen (secondary N) is 2. The van der Waals surface area contributed by atoms with Gasteiger partial charge in [-0.1, -0.05) is 12.1 Å². The van der Waals surface area contributed by atoms with Crippen molar-refractivity contribution in [2.45, 2.75) is 0 Å². The van der Waals surface area contributed by atoms with E-state index in [1.165, 1.54) is 0 Å². The average molecular weight is 224 g/mol. The number of hydrogen-bond acceptors (Lipinski definition) is 4. The largest absolute Gasteiger partial charge is 0.322 e. The van der Waals surface area contributed by atoms with Gasteiger partial charge in [0.05, 0.1) is 11.4 Å². The highest BCUT2D eigenvalue weighted by molar-refractivity contribution is 7.73. The lowest BCUT2D eigenvalue weighted by Crippen LogP contribution is -2.09. The smallest absolute Gasteiger partial charge is 0.222 e. The van der Waals surface area contributed by atoms with Crippen LogP contribution in [0.5, 0.6) is 0 Å². The van der Waals surface area contributed by atoms with Crippen LogP contribution in [0.3, 0.4) is 0 Å². The fraction of sp³-hybridized carbons (Fsp3) is 0. The summed E-state index contributed by atoms with van der Waals surface area (Å²) in [5, 5.41) is 0. The number of anilines is 2. The van der Waals surface area contributed by atoms with Gasteiger partial charge in [0.25, 0.3) is 0 Å². The molecular formula is C6H10ClN3O2S. The van der Waals surface area contributed by atoms with E-state index in [-0.39, 0.29) is 12.4 Å². The Morgan fingerprint density at radius 2 is 1.69 bits per heavy atom. The lowest BCUT2D eigenvalue weighted by molar-refractivity contribution is 0.619. The van der Waals surface area contributed by atoms with Crippen LogP contribution in [0.2, 0.25) is 0 Å². The highest BCUT2D eigenvalue weighted by Gasteiger charge is 1.97. The Hall–Kier alpha value is -0.980. The number of rotatable bonds is 3. The Kier molecular flexibility index (Phi) is 5.20.